The van der Waals surface area contributed by atoms with Crippen molar-refractivity contribution in [1.82, 2.24) is 0 Å². The van der Waals surface area contributed by atoms with Crippen LogP contribution in [0.2, 0.25) is 6.32 Å². The molecule has 4 heteroatoms. The van der Waals surface area contributed by atoms with Gasteiger partial charge in [0.05, 0.1) is 18.2 Å². The smallest absolute Gasteiger partial charge is 0.304 e. The van der Waals surface area contributed by atoms with Crippen molar-refractivity contribution in [3.05, 3.63) is 0 Å². The Kier molecular flexibility index (Phi) is 2.21. The van der Waals surface area contributed by atoms with Crippen LogP contribution >= 0.6 is 0 Å². The van der Waals surface area contributed by atoms with Crippen LogP contribution in [0.3, 0.4) is 0 Å². The van der Waals surface area contributed by atoms with Gasteiger partial charge in [0.2, 0.25) is 0 Å². The molecule has 1 atom stereocenters. The second-order valence-corrected chi connectivity index (χ2v) is 3.44. The Hall–Kier alpha value is -0.525. The Morgan fingerprint density at radius 3 is 2.73 bits per heavy atom. The summed E-state index contributed by atoms with van der Waals surface area (Å²) in [7, 11) is 0. The van der Waals surface area contributed by atoms with E-state index in [0.717, 1.165) is 0 Å². The standard InChI is InChI=1S/C7H12BNO2/c1-7(2)8(5-9)3-6(4-10)11-7/h6,10H,3-4H2,1-2H3. The van der Waals surface area contributed by atoms with E-state index in [-0.39, 0.29) is 24.9 Å². The number of nitrogens with zero attached hydrogens (tertiary/aromatic N) is 1. The molecule has 1 fully saturated rings. The third kappa shape index (κ3) is 1.55. The lowest BCUT2D eigenvalue weighted by molar-refractivity contribution is -0.0172. The summed E-state index contributed by atoms with van der Waals surface area (Å²) in [6.45, 7) is 3.70. The molecule has 0 aliphatic carbocycles. The van der Waals surface area contributed by atoms with Crippen LogP contribution in [0.15, 0.2) is 0 Å². The van der Waals surface area contributed by atoms with Crippen LogP contribution in [0.25, 0.3) is 0 Å². The molecule has 60 valence electrons. The molecule has 1 heterocycles. The van der Waals surface area contributed by atoms with Gasteiger partial charge < -0.3 is 9.84 Å². The van der Waals surface area contributed by atoms with Crippen molar-refractivity contribution in [2.75, 3.05) is 6.61 Å². The molecule has 1 aliphatic rings. The number of nitriles is 1. The van der Waals surface area contributed by atoms with Gasteiger partial charge in [0, 0.05) is 5.97 Å². The van der Waals surface area contributed by atoms with E-state index in [4.69, 9.17) is 15.1 Å². The predicted octanol–water partition coefficient (Wildman–Crippen LogP) is 0.253. The van der Waals surface area contributed by atoms with E-state index < -0.39 is 0 Å². The minimum Gasteiger partial charge on any atom is -0.394 e. The van der Waals surface area contributed by atoms with E-state index in [1.54, 1.807) is 0 Å². The molecule has 0 aromatic heterocycles. The van der Waals surface area contributed by atoms with Crippen molar-refractivity contribution in [3.63, 3.8) is 0 Å². The van der Waals surface area contributed by atoms with Gasteiger partial charge in [-0.2, -0.15) is 0 Å². The van der Waals surface area contributed by atoms with Crippen LogP contribution in [0.5, 0.6) is 0 Å². The largest absolute Gasteiger partial charge is 0.394 e. The highest BCUT2D eigenvalue weighted by Gasteiger charge is 2.45. The van der Waals surface area contributed by atoms with E-state index in [9.17, 15) is 0 Å². The molecule has 1 N–H and O–H groups in total. The van der Waals surface area contributed by atoms with Gasteiger partial charge >= 0.3 is 6.71 Å². The first kappa shape index (κ1) is 8.57. The van der Waals surface area contributed by atoms with E-state index in [1.165, 1.54) is 0 Å². The van der Waals surface area contributed by atoms with Gasteiger partial charge in [-0.15, -0.1) is 0 Å². The molecular formula is C7H12BNO2. The van der Waals surface area contributed by atoms with Crippen molar-refractivity contribution in [2.45, 2.75) is 31.8 Å². The van der Waals surface area contributed by atoms with Crippen LogP contribution in [0.4, 0.5) is 0 Å². The first-order valence-electron chi connectivity index (χ1n) is 3.78. The van der Waals surface area contributed by atoms with Gasteiger partial charge in [-0.1, -0.05) is 0 Å². The number of hydrogen-bond acceptors (Lipinski definition) is 3. The summed E-state index contributed by atoms with van der Waals surface area (Å²) < 4.78 is 5.43. The molecule has 11 heavy (non-hydrogen) atoms. The molecule has 1 unspecified atom stereocenters. The van der Waals surface area contributed by atoms with Crippen molar-refractivity contribution >= 4 is 6.71 Å². The fourth-order valence-electron chi connectivity index (χ4n) is 1.43. The van der Waals surface area contributed by atoms with Crippen LogP contribution < -0.4 is 0 Å². The summed E-state index contributed by atoms with van der Waals surface area (Å²) in [4.78, 5) is 0. The third-order valence-electron chi connectivity index (χ3n) is 2.17. The van der Waals surface area contributed by atoms with Crippen LogP contribution in [0, 0.1) is 11.2 Å². The van der Waals surface area contributed by atoms with Crippen molar-refractivity contribution in [3.8, 4) is 5.97 Å². The quantitative estimate of drug-likeness (QED) is 0.549. The number of hydrogen-bond donors (Lipinski definition) is 1. The van der Waals surface area contributed by atoms with E-state index in [1.807, 2.05) is 13.8 Å². The fraction of sp³-hybridized carbons (Fsp3) is 0.857. The minimum atomic E-state index is -0.387. The Balaban J connectivity index is 2.65. The highest BCUT2D eigenvalue weighted by Crippen LogP contribution is 2.28. The third-order valence-corrected chi connectivity index (χ3v) is 2.17. The first-order chi connectivity index (χ1) is 5.10. The summed E-state index contributed by atoms with van der Waals surface area (Å²) in [6.07, 6.45) is 0.509. The lowest BCUT2D eigenvalue weighted by atomic mass is 9.40. The molecule has 0 saturated carbocycles. The Bertz CT molecular complexity index is 187. The zero-order valence-electron chi connectivity index (χ0n) is 6.87. The van der Waals surface area contributed by atoms with Crippen LogP contribution in [-0.2, 0) is 4.74 Å². The van der Waals surface area contributed by atoms with E-state index >= 15 is 0 Å². The normalized spacial score (nSPS) is 28.5. The molecule has 1 saturated heterocycles. The molecular weight excluding hydrogens is 141 g/mol. The molecule has 0 amide bonds. The zero-order valence-corrected chi connectivity index (χ0v) is 6.87. The molecule has 0 radical (unpaired) electrons. The van der Waals surface area contributed by atoms with Gasteiger partial charge in [-0.25, -0.2) is 5.26 Å². The summed E-state index contributed by atoms with van der Waals surface area (Å²) in [5.74, 6) is 2.18. The molecule has 1 aliphatic heterocycles. The summed E-state index contributed by atoms with van der Waals surface area (Å²) in [6, 6.07) is 0. The summed E-state index contributed by atoms with van der Waals surface area (Å²) in [5, 5.41) is 17.5. The minimum absolute atomic E-state index is 0.0155. The van der Waals surface area contributed by atoms with Crippen molar-refractivity contribution in [2.24, 2.45) is 0 Å². The number of aliphatic hydroxyl groups is 1. The predicted molar refractivity (Wildman–Crippen MR) is 42.2 cm³/mol. The van der Waals surface area contributed by atoms with Gasteiger partial charge in [0.15, 0.2) is 0 Å². The summed E-state index contributed by atoms with van der Waals surface area (Å²) in [5.41, 5.74) is -0.387. The molecule has 0 spiro atoms. The Morgan fingerprint density at radius 2 is 2.45 bits per heavy atom. The topological polar surface area (TPSA) is 53.2 Å². The average molecular weight is 153 g/mol. The lowest BCUT2D eigenvalue weighted by Crippen LogP contribution is -2.35. The zero-order chi connectivity index (χ0) is 8.48. The van der Waals surface area contributed by atoms with Gasteiger partial charge in [-0.3, -0.25) is 0 Å². The Labute approximate surface area is 67.0 Å². The highest BCUT2D eigenvalue weighted by molar-refractivity contribution is 6.70. The number of rotatable bonds is 1. The molecule has 0 aromatic carbocycles. The number of ether oxygens (including phenoxy) is 1. The second-order valence-electron chi connectivity index (χ2n) is 3.44. The second kappa shape index (κ2) is 2.84. The van der Waals surface area contributed by atoms with Crippen molar-refractivity contribution in [1.29, 1.82) is 5.26 Å². The van der Waals surface area contributed by atoms with E-state index in [0.29, 0.717) is 6.32 Å². The van der Waals surface area contributed by atoms with E-state index in [2.05, 4.69) is 5.97 Å². The maximum absolute atomic E-state index is 8.78. The molecule has 1 rings (SSSR count). The van der Waals surface area contributed by atoms with Gasteiger partial charge in [0.1, 0.15) is 0 Å². The SMILES string of the molecule is CC1(C)OC(CO)CB1C#N. The first-order valence-corrected chi connectivity index (χ1v) is 3.78. The van der Waals surface area contributed by atoms with Gasteiger partial charge in [-0.05, 0) is 20.2 Å². The summed E-state index contributed by atoms with van der Waals surface area (Å²) >= 11 is 0. The monoisotopic (exact) mass is 153 g/mol. The van der Waals surface area contributed by atoms with Crippen LogP contribution in [-0.4, -0.2) is 30.0 Å². The van der Waals surface area contributed by atoms with Crippen LogP contribution in [0.1, 0.15) is 13.8 Å². The molecule has 3 nitrogen and oxygen atoms in total. The fourth-order valence-corrected chi connectivity index (χ4v) is 1.43. The van der Waals surface area contributed by atoms with Crippen molar-refractivity contribution < 1.29 is 9.84 Å². The highest BCUT2D eigenvalue weighted by atomic mass is 16.5. The molecule has 0 bridgehead atoms. The van der Waals surface area contributed by atoms with Gasteiger partial charge in [0.25, 0.3) is 0 Å². The number of aliphatic hydroxyl groups excluding tert-OH is 1. The lowest BCUT2D eigenvalue weighted by Gasteiger charge is -2.19. The average Bonchev–Trinajstić information content (AvgIpc) is 2.24. The Morgan fingerprint density at radius 1 is 1.82 bits per heavy atom. The maximum atomic E-state index is 8.78. The molecule has 0 aromatic rings. The maximum Gasteiger partial charge on any atom is 0.304 e.